The van der Waals surface area contributed by atoms with Crippen LogP contribution in [-0.2, 0) is 7.05 Å². The fourth-order valence-electron chi connectivity index (χ4n) is 2.96. The van der Waals surface area contributed by atoms with Crippen molar-refractivity contribution in [2.75, 3.05) is 6.54 Å². The maximum atomic E-state index is 4.56. The summed E-state index contributed by atoms with van der Waals surface area (Å²) in [5.41, 5.74) is 1.21. The molecule has 1 fully saturated rings. The highest BCUT2D eigenvalue weighted by atomic mass is 15.3. The van der Waals surface area contributed by atoms with E-state index in [4.69, 9.17) is 0 Å². The largest absolute Gasteiger partial charge is 0.309 e. The van der Waals surface area contributed by atoms with Crippen molar-refractivity contribution < 1.29 is 0 Å². The third kappa shape index (κ3) is 2.29. The van der Waals surface area contributed by atoms with Crippen LogP contribution < -0.4 is 5.32 Å². The van der Waals surface area contributed by atoms with Crippen LogP contribution in [0.4, 0.5) is 0 Å². The Balaban J connectivity index is 2.16. The summed E-state index contributed by atoms with van der Waals surface area (Å²) in [5.74, 6) is 1.58. The van der Waals surface area contributed by atoms with Crippen molar-refractivity contribution in [1.82, 2.24) is 15.1 Å². The Labute approximate surface area is 98.2 Å². The van der Waals surface area contributed by atoms with Crippen molar-refractivity contribution >= 4 is 0 Å². The van der Waals surface area contributed by atoms with E-state index in [0.29, 0.717) is 6.04 Å². The topological polar surface area (TPSA) is 29.9 Å². The normalized spacial score (nSPS) is 27.2. The van der Waals surface area contributed by atoms with Gasteiger partial charge in [0.25, 0.3) is 0 Å². The Hall–Kier alpha value is -0.830. The van der Waals surface area contributed by atoms with E-state index in [1.807, 2.05) is 17.9 Å². The summed E-state index contributed by atoms with van der Waals surface area (Å²) in [6.07, 6.45) is 6.13. The third-order valence-corrected chi connectivity index (χ3v) is 3.83. The Kier molecular flexibility index (Phi) is 3.64. The van der Waals surface area contributed by atoms with Gasteiger partial charge in [0, 0.05) is 13.2 Å². The number of nitrogens with one attached hydrogen (secondary N) is 1. The van der Waals surface area contributed by atoms with E-state index < -0.39 is 0 Å². The van der Waals surface area contributed by atoms with Gasteiger partial charge < -0.3 is 5.32 Å². The SMILES string of the molecule is CCNC(c1ccn(C)n1)C1CCCC1C. The van der Waals surface area contributed by atoms with Crippen LogP contribution in [0.15, 0.2) is 12.3 Å². The molecule has 3 unspecified atom stereocenters. The van der Waals surface area contributed by atoms with Gasteiger partial charge in [-0.2, -0.15) is 5.10 Å². The van der Waals surface area contributed by atoms with Crippen molar-refractivity contribution in [3.8, 4) is 0 Å². The van der Waals surface area contributed by atoms with E-state index in [0.717, 1.165) is 18.4 Å². The first-order valence-corrected chi connectivity index (χ1v) is 6.45. The molecule has 1 aliphatic rings. The molecule has 1 N–H and O–H groups in total. The zero-order valence-corrected chi connectivity index (χ0v) is 10.6. The fraction of sp³-hybridized carbons (Fsp3) is 0.769. The first-order valence-electron chi connectivity index (χ1n) is 6.45. The summed E-state index contributed by atoms with van der Waals surface area (Å²) in [6.45, 7) is 5.57. The predicted molar refractivity (Wildman–Crippen MR) is 66.1 cm³/mol. The number of aromatic nitrogens is 2. The fourth-order valence-corrected chi connectivity index (χ4v) is 2.96. The lowest BCUT2D eigenvalue weighted by Gasteiger charge is -2.26. The molecule has 16 heavy (non-hydrogen) atoms. The standard InChI is InChI=1S/C13H23N3/c1-4-14-13(11-7-5-6-10(11)2)12-8-9-16(3)15-12/h8-11,13-14H,4-7H2,1-3H3. The third-order valence-electron chi connectivity index (χ3n) is 3.83. The molecule has 2 rings (SSSR count). The molecule has 90 valence electrons. The highest BCUT2D eigenvalue weighted by molar-refractivity contribution is 5.08. The highest BCUT2D eigenvalue weighted by Crippen LogP contribution is 2.39. The van der Waals surface area contributed by atoms with E-state index in [9.17, 15) is 0 Å². The Bertz CT molecular complexity index is 332. The van der Waals surface area contributed by atoms with Gasteiger partial charge in [-0.25, -0.2) is 0 Å². The lowest BCUT2D eigenvalue weighted by atomic mass is 9.88. The van der Waals surface area contributed by atoms with Gasteiger partial charge in [0.05, 0.1) is 11.7 Å². The minimum Gasteiger partial charge on any atom is -0.309 e. The minimum atomic E-state index is 0.448. The van der Waals surface area contributed by atoms with Gasteiger partial charge in [0.15, 0.2) is 0 Å². The number of hydrogen-bond acceptors (Lipinski definition) is 2. The van der Waals surface area contributed by atoms with Crippen LogP contribution >= 0.6 is 0 Å². The summed E-state index contributed by atoms with van der Waals surface area (Å²) in [4.78, 5) is 0. The Morgan fingerprint density at radius 3 is 2.88 bits per heavy atom. The first kappa shape index (κ1) is 11.6. The maximum absolute atomic E-state index is 4.56. The van der Waals surface area contributed by atoms with Gasteiger partial charge in [-0.05, 0) is 30.9 Å². The molecule has 0 bridgehead atoms. The summed E-state index contributed by atoms with van der Waals surface area (Å²) >= 11 is 0. The van der Waals surface area contributed by atoms with Gasteiger partial charge in [-0.1, -0.05) is 26.7 Å². The van der Waals surface area contributed by atoms with Crippen molar-refractivity contribution in [1.29, 1.82) is 0 Å². The van der Waals surface area contributed by atoms with Crippen molar-refractivity contribution in [2.45, 2.75) is 39.2 Å². The van der Waals surface area contributed by atoms with Gasteiger partial charge in [0.2, 0.25) is 0 Å². The summed E-state index contributed by atoms with van der Waals surface area (Å²) in [7, 11) is 1.99. The highest BCUT2D eigenvalue weighted by Gasteiger charge is 2.32. The van der Waals surface area contributed by atoms with Gasteiger partial charge in [-0.15, -0.1) is 0 Å². The molecule has 1 aromatic heterocycles. The van der Waals surface area contributed by atoms with Crippen molar-refractivity contribution in [3.63, 3.8) is 0 Å². The molecule has 0 spiro atoms. The number of aryl methyl sites for hydroxylation is 1. The smallest absolute Gasteiger partial charge is 0.0796 e. The minimum absolute atomic E-state index is 0.448. The first-order chi connectivity index (χ1) is 7.72. The predicted octanol–water partition coefficient (Wildman–Crippen LogP) is 2.51. The average Bonchev–Trinajstić information content (AvgIpc) is 2.84. The van der Waals surface area contributed by atoms with Crippen LogP contribution in [0.25, 0.3) is 0 Å². The second-order valence-corrected chi connectivity index (χ2v) is 5.02. The van der Waals surface area contributed by atoms with Crippen LogP contribution in [0, 0.1) is 11.8 Å². The molecule has 0 amide bonds. The van der Waals surface area contributed by atoms with Crippen molar-refractivity contribution in [2.24, 2.45) is 18.9 Å². The van der Waals surface area contributed by atoms with Crippen LogP contribution in [-0.4, -0.2) is 16.3 Å². The molecule has 1 saturated carbocycles. The zero-order valence-electron chi connectivity index (χ0n) is 10.6. The molecule has 0 radical (unpaired) electrons. The molecular formula is C13H23N3. The molecular weight excluding hydrogens is 198 g/mol. The van der Waals surface area contributed by atoms with E-state index >= 15 is 0 Å². The van der Waals surface area contributed by atoms with E-state index in [-0.39, 0.29) is 0 Å². The van der Waals surface area contributed by atoms with Crippen LogP contribution in [0.1, 0.15) is 44.8 Å². The van der Waals surface area contributed by atoms with Gasteiger partial charge in [0.1, 0.15) is 0 Å². The average molecular weight is 221 g/mol. The monoisotopic (exact) mass is 221 g/mol. The number of hydrogen-bond donors (Lipinski definition) is 1. The molecule has 0 saturated heterocycles. The molecule has 1 heterocycles. The van der Waals surface area contributed by atoms with E-state index in [1.165, 1.54) is 25.0 Å². The second-order valence-electron chi connectivity index (χ2n) is 5.02. The molecule has 3 heteroatoms. The second kappa shape index (κ2) is 5.00. The quantitative estimate of drug-likeness (QED) is 0.846. The van der Waals surface area contributed by atoms with E-state index in [2.05, 4.69) is 30.3 Å². The lowest BCUT2D eigenvalue weighted by Crippen LogP contribution is -2.30. The van der Waals surface area contributed by atoms with Crippen LogP contribution in [0.2, 0.25) is 0 Å². The Morgan fingerprint density at radius 1 is 1.56 bits per heavy atom. The summed E-state index contributed by atoms with van der Waals surface area (Å²) in [5, 5.41) is 8.17. The zero-order chi connectivity index (χ0) is 11.5. The van der Waals surface area contributed by atoms with Gasteiger partial charge in [-0.3, -0.25) is 4.68 Å². The molecule has 0 aromatic carbocycles. The number of rotatable bonds is 4. The lowest BCUT2D eigenvalue weighted by molar-refractivity contribution is 0.299. The summed E-state index contributed by atoms with van der Waals surface area (Å²) in [6, 6.07) is 2.60. The Morgan fingerprint density at radius 2 is 2.38 bits per heavy atom. The molecule has 1 aromatic rings. The number of nitrogens with zero attached hydrogens (tertiary/aromatic N) is 2. The van der Waals surface area contributed by atoms with Crippen LogP contribution in [0.3, 0.4) is 0 Å². The van der Waals surface area contributed by atoms with E-state index in [1.54, 1.807) is 0 Å². The van der Waals surface area contributed by atoms with Crippen molar-refractivity contribution in [3.05, 3.63) is 18.0 Å². The van der Waals surface area contributed by atoms with Crippen LogP contribution in [0.5, 0.6) is 0 Å². The maximum Gasteiger partial charge on any atom is 0.0796 e. The molecule has 3 atom stereocenters. The van der Waals surface area contributed by atoms with Gasteiger partial charge >= 0.3 is 0 Å². The molecule has 0 aliphatic heterocycles. The molecule has 3 nitrogen and oxygen atoms in total. The molecule has 1 aliphatic carbocycles. The summed E-state index contributed by atoms with van der Waals surface area (Å²) < 4.78 is 1.90.